The van der Waals surface area contributed by atoms with Gasteiger partial charge in [-0.2, -0.15) is 5.10 Å². The number of aromatic nitrogens is 3. The van der Waals surface area contributed by atoms with Gasteiger partial charge < -0.3 is 15.3 Å². The fraction of sp³-hybridized carbons (Fsp3) is 0.167. The van der Waals surface area contributed by atoms with Gasteiger partial charge in [0.1, 0.15) is 12.2 Å². The van der Waals surface area contributed by atoms with Gasteiger partial charge in [-0.25, -0.2) is 14.6 Å². The van der Waals surface area contributed by atoms with Gasteiger partial charge in [0.15, 0.2) is 0 Å². The second-order valence-corrected chi connectivity index (χ2v) is 4.65. The van der Waals surface area contributed by atoms with Crippen LogP contribution in [0.2, 0.25) is 5.02 Å². The summed E-state index contributed by atoms with van der Waals surface area (Å²) in [5, 5.41) is 18.2. The standard InChI is InChI=1S/C12H12ClN5O3/c1-18(5-10-14-6-15-17-10)12(21)16-9-3-2-7(13)4-8(9)11(19)20/h2-4,6H,5H2,1H3,(H,16,21)(H,19,20)(H,14,15,17). The number of hydrogen-bond acceptors (Lipinski definition) is 4. The largest absolute Gasteiger partial charge is 0.478 e. The van der Waals surface area contributed by atoms with Crippen LogP contribution in [0.4, 0.5) is 10.5 Å². The Bertz CT molecular complexity index is 659. The lowest BCUT2D eigenvalue weighted by Gasteiger charge is -2.17. The molecule has 0 bridgehead atoms. The number of urea groups is 1. The summed E-state index contributed by atoms with van der Waals surface area (Å²) in [5.41, 5.74) is 0.0882. The number of carboxylic acid groups (broad SMARTS) is 1. The predicted molar refractivity (Wildman–Crippen MR) is 75.3 cm³/mol. The third kappa shape index (κ3) is 3.69. The maximum absolute atomic E-state index is 12.0. The van der Waals surface area contributed by atoms with Crippen molar-refractivity contribution in [1.29, 1.82) is 0 Å². The number of carbonyl (C=O) groups excluding carboxylic acids is 1. The van der Waals surface area contributed by atoms with Gasteiger partial charge in [0.05, 0.1) is 17.8 Å². The van der Waals surface area contributed by atoms with E-state index in [1.165, 1.54) is 29.4 Å². The summed E-state index contributed by atoms with van der Waals surface area (Å²) in [6.07, 6.45) is 1.34. The molecule has 3 N–H and O–H groups in total. The molecular formula is C12H12ClN5O3. The van der Waals surface area contributed by atoms with E-state index in [2.05, 4.69) is 20.5 Å². The summed E-state index contributed by atoms with van der Waals surface area (Å²) in [6.45, 7) is 0.210. The number of amides is 2. The van der Waals surface area contributed by atoms with Crippen molar-refractivity contribution in [2.24, 2.45) is 0 Å². The average molecular weight is 310 g/mol. The van der Waals surface area contributed by atoms with Crippen molar-refractivity contribution in [3.8, 4) is 0 Å². The molecule has 110 valence electrons. The highest BCUT2D eigenvalue weighted by Crippen LogP contribution is 2.21. The molecule has 8 nitrogen and oxygen atoms in total. The summed E-state index contributed by atoms with van der Waals surface area (Å²) in [6, 6.07) is 3.73. The molecule has 2 amide bonds. The summed E-state index contributed by atoms with van der Waals surface area (Å²) in [7, 11) is 1.55. The van der Waals surface area contributed by atoms with Gasteiger partial charge in [-0.15, -0.1) is 0 Å². The monoisotopic (exact) mass is 309 g/mol. The maximum atomic E-state index is 12.0. The lowest BCUT2D eigenvalue weighted by molar-refractivity contribution is 0.0698. The first-order valence-electron chi connectivity index (χ1n) is 5.86. The molecule has 0 aliphatic carbocycles. The third-order valence-electron chi connectivity index (χ3n) is 2.65. The molecule has 2 rings (SSSR count). The number of carboxylic acids is 1. The number of H-pyrrole nitrogens is 1. The fourth-order valence-electron chi connectivity index (χ4n) is 1.62. The van der Waals surface area contributed by atoms with Crippen LogP contribution in [0, 0.1) is 0 Å². The van der Waals surface area contributed by atoms with Crippen molar-refractivity contribution in [2.75, 3.05) is 12.4 Å². The summed E-state index contributed by atoms with van der Waals surface area (Å²) >= 11 is 5.75. The van der Waals surface area contributed by atoms with Gasteiger partial charge in [0.2, 0.25) is 0 Å². The molecule has 0 spiro atoms. The van der Waals surface area contributed by atoms with Crippen molar-refractivity contribution in [2.45, 2.75) is 6.54 Å². The molecule has 1 aromatic heterocycles. The minimum Gasteiger partial charge on any atom is -0.478 e. The molecule has 0 aliphatic rings. The van der Waals surface area contributed by atoms with Crippen molar-refractivity contribution in [1.82, 2.24) is 20.1 Å². The van der Waals surface area contributed by atoms with Gasteiger partial charge in [0, 0.05) is 12.1 Å². The lowest BCUT2D eigenvalue weighted by Crippen LogP contribution is -2.31. The number of hydrogen-bond donors (Lipinski definition) is 3. The summed E-state index contributed by atoms with van der Waals surface area (Å²) in [4.78, 5) is 28.4. The second-order valence-electron chi connectivity index (χ2n) is 4.21. The molecule has 0 saturated heterocycles. The maximum Gasteiger partial charge on any atom is 0.337 e. The number of aromatic carboxylic acids is 1. The van der Waals surface area contributed by atoms with Gasteiger partial charge in [-0.05, 0) is 18.2 Å². The summed E-state index contributed by atoms with van der Waals surface area (Å²) < 4.78 is 0. The highest BCUT2D eigenvalue weighted by atomic mass is 35.5. The molecule has 1 heterocycles. The van der Waals surface area contributed by atoms with E-state index in [1.807, 2.05) is 0 Å². The zero-order chi connectivity index (χ0) is 15.4. The Balaban J connectivity index is 2.10. The molecule has 0 atom stereocenters. The second kappa shape index (κ2) is 6.23. The van der Waals surface area contributed by atoms with Crippen LogP contribution < -0.4 is 5.32 Å². The van der Waals surface area contributed by atoms with Crippen molar-refractivity contribution < 1.29 is 14.7 Å². The van der Waals surface area contributed by atoms with Crippen LogP contribution in [-0.2, 0) is 6.54 Å². The number of nitrogens with one attached hydrogen (secondary N) is 2. The smallest absolute Gasteiger partial charge is 0.337 e. The number of aromatic amines is 1. The number of benzene rings is 1. The van der Waals surface area contributed by atoms with E-state index in [4.69, 9.17) is 16.7 Å². The van der Waals surface area contributed by atoms with E-state index in [0.29, 0.717) is 5.82 Å². The van der Waals surface area contributed by atoms with Crippen LogP contribution in [0.3, 0.4) is 0 Å². The molecule has 0 fully saturated rings. The van der Waals surface area contributed by atoms with E-state index in [1.54, 1.807) is 7.05 Å². The Morgan fingerprint density at radius 2 is 2.24 bits per heavy atom. The third-order valence-corrected chi connectivity index (χ3v) is 2.89. The Hall–Kier alpha value is -2.61. The fourth-order valence-corrected chi connectivity index (χ4v) is 1.79. The van der Waals surface area contributed by atoms with E-state index in [-0.39, 0.29) is 22.8 Å². The van der Waals surface area contributed by atoms with Crippen LogP contribution in [0.5, 0.6) is 0 Å². The molecule has 9 heteroatoms. The molecule has 0 saturated carbocycles. The summed E-state index contributed by atoms with van der Waals surface area (Å²) in [5.74, 6) is -0.659. The lowest BCUT2D eigenvalue weighted by atomic mass is 10.2. The average Bonchev–Trinajstić information content (AvgIpc) is 2.93. The van der Waals surface area contributed by atoms with Crippen molar-refractivity contribution in [3.05, 3.63) is 40.9 Å². The SMILES string of the molecule is CN(Cc1ncn[nH]1)C(=O)Nc1ccc(Cl)cc1C(=O)O. The molecule has 2 aromatic rings. The number of halogens is 1. The molecule has 21 heavy (non-hydrogen) atoms. The van der Waals surface area contributed by atoms with Crippen LogP contribution >= 0.6 is 11.6 Å². The van der Waals surface area contributed by atoms with Gasteiger partial charge in [-0.1, -0.05) is 11.6 Å². The number of anilines is 1. The first-order valence-corrected chi connectivity index (χ1v) is 6.24. The molecule has 0 unspecified atom stereocenters. The molecule has 0 radical (unpaired) electrons. The van der Waals surface area contributed by atoms with Gasteiger partial charge in [-0.3, -0.25) is 5.10 Å². The topological polar surface area (TPSA) is 111 Å². The van der Waals surface area contributed by atoms with Gasteiger partial charge in [0.25, 0.3) is 0 Å². The quantitative estimate of drug-likeness (QED) is 0.797. The van der Waals surface area contributed by atoms with Gasteiger partial charge >= 0.3 is 12.0 Å². The Morgan fingerprint density at radius 1 is 1.48 bits per heavy atom. The Kier molecular flexibility index (Phi) is 4.39. The Labute approximate surface area is 124 Å². The molecular weight excluding hydrogens is 298 g/mol. The highest BCUT2D eigenvalue weighted by molar-refractivity contribution is 6.31. The minimum atomic E-state index is -1.18. The normalized spacial score (nSPS) is 10.2. The van der Waals surface area contributed by atoms with Crippen LogP contribution in [0.25, 0.3) is 0 Å². The zero-order valence-electron chi connectivity index (χ0n) is 11.0. The number of rotatable bonds is 4. The zero-order valence-corrected chi connectivity index (χ0v) is 11.8. The number of nitrogens with zero attached hydrogens (tertiary/aromatic N) is 3. The number of carbonyl (C=O) groups is 2. The van der Waals surface area contributed by atoms with Crippen molar-refractivity contribution in [3.63, 3.8) is 0 Å². The van der Waals surface area contributed by atoms with E-state index < -0.39 is 12.0 Å². The predicted octanol–water partition coefficient (Wildman–Crippen LogP) is 1.82. The Morgan fingerprint density at radius 3 is 2.86 bits per heavy atom. The molecule has 0 aliphatic heterocycles. The van der Waals surface area contributed by atoms with Crippen molar-refractivity contribution >= 4 is 29.3 Å². The van der Waals surface area contributed by atoms with Crippen LogP contribution in [0.15, 0.2) is 24.5 Å². The van der Waals surface area contributed by atoms with E-state index >= 15 is 0 Å². The van der Waals surface area contributed by atoms with Crippen LogP contribution in [0.1, 0.15) is 16.2 Å². The van der Waals surface area contributed by atoms with E-state index in [0.717, 1.165) is 0 Å². The first kappa shape index (κ1) is 14.8. The first-order chi connectivity index (χ1) is 9.97. The highest BCUT2D eigenvalue weighted by Gasteiger charge is 2.16. The molecule has 1 aromatic carbocycles. The minimum absolute atomic E-state index is 0.0797. The van der Waals surface area contributed by atoms with Crippen LogP contribution in [-0.4, -0.2) is 44.2 Å². The van der Waals surface area contributed by atoms with E-state index in [9.17, 15) is 9.59 Å².